The third kappa shape index (κ3) is 3.46. The number of fused-ring (bicyclic) bond motifs is 2. The zero-order valence-corrected chi connectivity index (χ0v) is 20.0. The molecule has 5 aromatic rings. The van der Waals surface area contributed by atoms with Gasteiger partial charge in [0.15, 0.2) is 16.7 Å². The minimum Gasteiger partial charge on any atom is -0.508 e. The Kier molecular flexibility index (Phi) is 5.12. The fourth-order valence-electron chi connectivity index (χ4n) is 4.51. The first-order chi connectivity index (χ1) is 17.4. The molecule has 3 aromatic carbocycles. The van der Waals surface area contributed by atoms with Crippen molar-refractivity contribution in [3.05, 3.63) is 101 Å². The predicted molar refractivity (Wildman–Crippen MR) is 138 cm³/mol. The van der Waals surface area contributed by atoms with Crippen molar-refractivity contribution in [3.8, 4) is 5.75 Å². The molecule has 178 valence electrons. The van der Waals surface area contributed by atoms with Gasteiger partial charge >= 0.3 is 0 Å². The first-order valence-corrected chi connectivity index (χ1v) is 12.2. The molecule has 0 bridgehead atoms. The quantitative estimate of drug-likeness (QED) is 0.285. The zero-order chi connectivity index (χ0) is 25.0. The second-order valence-electron chi connectivity index (χ2n) is 8.56. The minimum absolute atomic E-state index is 0.0214. The van der Waals surface area contributed by atoms with E-state index in [-0.39, 0.29) is 17.1 Å². The van der Waals surface area contributed by atoms with E-state index in [1.807, 2.05) is 30.3 Å². The summed E-state index contributed by atoms with van der Waals surface area (Å²) in [6.07, 6.45) is 0.862. The van der Waals surface area contributed by atoms with Crippen LogP contribution in [0, 0.1) is 0 Å². The number of nitrogens with zero attached hydrogens (tertiary/aromatic N) is 2. The number of aliphatic hydroxyl groups excluding tert-OH is 1. The molecule has 0 radical (unpaired) electrons. The summed E-state index contributed by atoms with van der Waals surface area (Å²) in [6.45, 7) is 2.06. The van der Waals surface area contributed by atoms with E-state index in [9.17, 15) is 19.8 Å². The summed E-state index contributed by atoms with van der Waals surface area (Å²) >= 11 is 1.32. The van der Waals surface area contributed by atoms with Gasteiger partial charge < -0.3 is 14.6 Å². The van der Waals surface area contributed by atoms with Crippen LogP contribution in [-0.2, 0) is 11.2 Å². The zero-order valence-electron chi connectivity index (χ0n) is 19.1. The number of aryl methyl sites for hydroxylation is 1. The van der Waals surface area contributed by atoms with Crippen LogP contribution in [0.4, 0.5) is 5.13 Å². The lowest BCUT2D eigenvalue weighted by Crippen LogP contribution is -2.30. The molecule has 1 atom stereocenters. The van der Waals surface area contributed by atoms with E-state index in [0.717, 1.165) is 27.6 Å². The molecule has 36 heavy (non-hydrogen) atoms. The van der Waals surface area contributed by atoms with Gasteiger partial charge in [-0.1, -0.05) is 54.7 Å². The van der Waals surface area contributed by atoms with Gasteiger partial charge in [0.2, 0.25) is 5.78 Å². The predicted octanol–water partition coefficient (Wildman–Crippen LogP) is 6.09. The Morgan fingerprint density at radius 2 is 1.83 bits per heavy atom. The van der Waals surface area contributed by atoms with Crippen LogP contribution in [0.25, 0.3) is 21.2 Å². The van der Waals surface area contributed by atoms with Crippen LogP contribution in [-0.4, -0.2) is 26.9 Å². The number of carbonyl (C=O) groups is 2. The SMILES string of the molecule is CCc1ccc2nc(N3C(=O)C(O)=C(C(=O)c4cc5ccccc5o4)C3c3ccc(O)cc3)sc2c1. The molecule has 6 rings (SSSR count). The fourth-order valence-corrected chi connectivity index (χ4v) is 5.57. The second kappa shape index (κ2) is 8.35. The highest BCUT2D eigenvalue weighted by molar-refractivity contribution is 7.22. The highest BCUT2D eigenvalue weighted by atomic mass is 32.1. The number of rotatable bonds is 5. The van der Waals surface area contributed by atoms with Crippen molar-refractivity contribution in [3.63, 3.8) is 0 Å². The van der Waals surface area contributed by atoms with Crippen molar-refractivity contribution in [2.75, 3.05) is 4.90 Å². The summed E-state index contributed by atoms with van der Waals surface area (Å²) in [6, 6.07) is 19.9. The van der Waals surface area contributed by atoms with Gasteiger partial charge in [-0.15, -0.1) is 0 Å². The van der Waals surface area contributed by atoms with Gasteiger partial charge in [-0.3, -0.25) is 14.5 Å². The van der Waals surface area contributed by atoms with Crippen LogP contribution < -0.4 is 4.90 Å². The summed E-state index contributed by atoms with van der Waals surface area (Å²) in [4.78, 5) is 33.1. The van der Waals surface area contributed by atoms with Crippen LogP contribution in [0.5, 0.6) is 5.75 Å². The number of anilines is 1. The Labute approximate surface area is 209 Å². The van der Waals surface area contributed by atoms with E-state index in [1.165, 1.54) is 28.4 Å². The number of furan rings is 1. The summed E-state index contributed by atoms with van der Waals surface area (Å²) < 4.78 is 6.67. The number of carbonyl (C=O) groups excluding carboxylic acids is 2. The molecule has 2 N–H and O–H groups in total. The molecule has 0 fully saturated rings. The van der Waals surface area contributed by atoms with E-state index in [0.29, 0.717) is 16.3 Å². The number of aromatic hydroxyl groups is 1. The number of phenols is 1. The van der Waals surface area contributed by atoms with Crippen molar-refractivity contribution in [2.45, 2.75) is 19.4 Å². The van der Waals surface area contributed by atoms with Crippen LogP contribution >= 0.6 is 11.3 Å². The fraction of sp³-hybridized carbons (Fsp3) is 0.107. The molecule has 0 spiro atoms. The molecule has 7 nitrogen and oxygen atoms in total. The number of hydrogen-bond acceptors (Lipinski definition) is 7. The summed E-state index contributed by atoms with van der Waals surface area (Å²) in [5, 5.41) is 21.9. The van der Waals surface area contributed by atoms with Gasteiger partial charge in [-0.05, 0) is 53.9 Å². The molecule has 1 amide bonds. The molecule has 1 unspecified atom stereocenters. The Morgan fingerprint density at radius 3 is 2.58 bits per heavy atom. The Bertz CT molecular complexity index is 1660. The average Bonchev–Trinajstić information content (AvgIpc) is 3.58. The van der Waals surface area contributed by atoms with E-state index < -0.39 is 23.5 Å². The first kappa shape index (κ1) is 22.1. The number of aliphatic hydroxyl groups is 1. The molecule has 3 heterocycles. The number of benzene rings is 3. The van der Waals surface area contributed by atoms with Gasteiger partial charge in [0.1, 0.15) is 11.3 Å². The molecular formula is C28H20N2O5S. The summed E-state index contributed by atoms with van der Waals surface area (Å²) in [5.74, 6) is -1.89. The van der Waals surface area contributed by atoms with Gasteiger partial charge in [0.05, 0.1) is 21.8 Å². The van der Waals surface area contributed by atoms with Crippen molar-refractivity contribution in [2.24, 2.45) is 0 Å². The number of thiazole rings is 1. The number of amides is 1. The molecular weight excluding hydrogens is 476 g/mol. The van der Waals surface area contributed by atoms with Gasteiger partial charge in [-0.25, -0.2) is 4.98 Å². The lowest BCUT2D eigenvalue weighted by Gasteiger charge is -2.24. The van der Waals surface area contributed by atoms with Crippen molar-refractivity contribution in [1.82, 2.24) is 4.98 Å². The summed E-state index contributed by atoms with van der Waals surface area (Å²) in [5.41, 5.74) is 2.83. The highest BCUT2D eigenvalue weighted by Crippen LogP contribution is 2.44. The van der Waals surface area contributed by atoms with Crippen LogP contribution in [0.3, 0.4) is 0 Å². The highest BCUT2D eigenvalue weighted by Gasteiger charge is 2.46. The van der Waals surface area contributed by atoms with E-state index in [1.54, 1.807) is 30.3 Å². The van der Waals surface area contributed by atoms with Crippen molar-refractivity contribution in [1.29, 1.82) is 0 Å². The average molecular weight is 497 g/mol. The molecule has 0 saturated carbocycles. The Morgan fingerprint density at radius 1 is 1.06 bits per heavy atom. The number of aromatic nitrogens is 1. The lowest BCUT2D eigenvalue weighted by molar-refractivity contribution is -0.117. The number of Topliss-reactive ketones (excluding diaryl/α,β-unsaturated/α-hetero) is 1. The second-order valence-corrected chi connectivity index (χ2v) is 9.57. The van der Waals surface area contributed by atoms with Gasteiger partial charge in [0, 0.05) is 5.39 Å². The molecule has 2 aromatic heterocycles. The van der Waals surface area contributed by atoms with Crippen LogP contribution in [0.2, 0.25) is 0 Å². The largest absolute Gasteiger partial charge is 0.508 e. The molecule has 1 aliphatic heterocycles. The van der Waals surface area contributed by atoms with Crippen molar-refractivity contribution >= 4 is 49.3 Å². The number of phenolic OH excluding ortho intramolecular Hbond substituents is 1. The first-order valence-electron chi connectivity index (χ1n) is 11.4. The maximum atomic E-state index is 13.7. The molecule has 0 saturated heterocycles. The van der Waals surface area contributed by atoms with Crippen LogP contribution in [0.1, 0.15) is 34.6 Å². The third-order valence-corrected chi connectivity index (χ3v) is 7.38. The monoisotopic (exact) mass is 496 g/mol. The molecule has 8 heteroatoms. The molecule has 0 aliphatic carbocycles. The summed E-state index contributed by atoms with van der Waals surface area (Å²) in [7, 11) is 0. The smallest absolute Gasteiger partial charge is 0.296 e. The minimum atomic E-state index is -0.954. The Hall–Kier alpha value is -4.43. The maximum absolute atomic E-state index is 13.7. The van der Waals surface area contributed by atoms with Gasteiger partial charge in [-0.2, -0.15) is 0 Å². The van der Waals surface area contributed by atoms with E-state index >= 15 is 0 Å². The van der Waals surface area contributed by atoms with Crippen LogP contribution in [0.15, 0.2) is 88.5 Å². The van der Waals surface area contributed by atoms with E-state index in [2.05, 4.69) is 11.9 Å². The van der Waals surface area contributed by atoms with Crippen molar-refractivity contribution < 1.29 is 24.2 Å². The number of ketones is 1. The lowest BCUT2D eigenvalue weighted by atomic mass is 9.95. The third-order valence-electron chi connectivity index (χ3n) is 6.37. The van der Waals surface area contributed by atoms with Gasteiger partial charge in [0.25, 0.3) is 5.91 Å². The Balaban J connectivity index is 1.50. The standard InChI is InChI=1S/C28H20N2O5S/c1-2-15-7-12-19-22(13-15)36-28(29-19)30-24(16-8-10-18(31)11-9-16)23(26(33)27(30)34)25(32)21-14-17-5-3-4-6-20(17)35-21/h3-14,24,31,33H,2H2,1H3. The maximum Gasteiger partial charge on any atom is 0.296 e. The van der Waals surface area contributed by atoms with E-state index in [4.69, 9.17) is 4.42 Å². The number of para-hydroxylation sites is 1. The topological polar surface area (TPSA) is 104 Å². The normalized spacial score (nSPS) is 16.0. The number of hydrogen-bond donors (Lipinski definition) is 2. The molecule has 1 aliphatic rings.